The Kier molecular flexibility index (Phi) is 4.07. The van der Waals surface area contributed by atoms with Gasteiger partial charge in [-0.1, -0.05) is 11.3 Å². The Hall–Kier alpha value is -1.29. The van der Waals surface area contributed by atoms with Crippen molar-refractivity contribution in [1.82, 2.24) is 15.0 Å². The summed E-state index contributed by atoms with van der Waals surface area (Å²) in [5.41, 5.74) is 0. The smallest absolute Gasteiger partial charge is 0.349 e. The second-order valence-electron chi connectivity index (χ2n) is 3.27. The first-order valence-electron chi connectivity index (χ1n) is 4.91. The molecule has 0 aliphatic heterocycles. The van der Waals surface area contributed by atoms with Gasteiger partial charge >= 0.3 is 5.97 Å². The summed E-state index contributed by atoms with van der Waals surface area (Å²) in [6.07, 6.45) is 1.47. The van der Waals surface area contributed by atoms with Gasteiger partial charge < -0.3 is 10.1 Å². The van der Waals surface area contributed by atoms with Gasteiger partial charge in [0, 0.05) is 6.07 Å². The van der Waals surface area contributed by atoms with Crippen LogP contribution in [0.15, 0.2) is 12.3 Å². The molecule has 0 amide bonds. The summed E-state index contributed by atoms with van der Waals surface area (Å²) >= 11 is 3.33. The van der Waals surface area contributed by atoms with Crippen LogP contribution in [0.2, 0.25) is 0 Å². The summed E-state index contributed by atoms with van der Waals surface area (Å²) < 4.78 is 5.46. The number of ether oxygens (including phenoxy) is 1. The number of aromatic nitrogens is 3. The average Bonchev–Trinajstić information content (AvgIpc) is 2.75. The predicted molar refractivity (Wildman–Crippen MR) is 76.2 cm³/mol. The fourth-order valence-electron chi connectivity index (χ4n) is 1.23. The molecule has 0 aliphatic carbocycles. The number of thiazole rings is 1. The second-order valence-corrected chi connectivity index (χ2v) is 5.41. The molecule has 2 aromatic rings. The summed E-state index contributed by atoms with van der Waals surface area (Å²) in [6.45, 7) is 1.81. The predicted octanol–water partition coefficient (Wildman–Crippen LogP) is 2.38. The van der Waals surface area contributed by atoms with Crippen LogP contribution >= 0.6 is 33.9 Å². The molecule has 0 fully saturated rings. The molecular weight excluding hydrogens is 367 g/mol. The molecule has 18 heavy (non-hydrogen) atoms. The summed E-state index contributed by atoms with van der Waals surface area (Å²) in [4.78, 5) is 24.2. The molecule has 1 N–H and O–H groups in total. The van der Waals surface area contributed by atoms with E-state index < -0.39 is 5.97 Å². The first-order chi connectivity index (χ1) is 8.58. The molecule has 0 bridgehead atoms. The quantitative estimate of drug-likeness (QED) is 0.504. The maximum Gasteiger partial charge on any atom is 0.349 e. The maximum atomic E-state index is 11.3. The van der Waals surface area contributed by atoms with Gasteiger partial charge in [0.25, 0.3) is 0 Å². The molecule has 94 valence electrons. The number of nitrogens with one attached hydrogen (secondary N) is 1. The summed E-state index contributed by atoms with van der Waals surface area (Å²) in [5.74, 6) is 0.931. The standard InChI is InChI=1S/C10H9IN4O2S/c1-5-13-7(11)3-8(14-5)15-10-12-4-6(18-10)9(16)17-2/h3-4H,1-2H3,(H,12,13,14,15). The lowest BCUT2D eigenvalue weighted by atomic mass is 10.5. The molecule has 0 aromatic carbocycles. The van der Waals surface area contributed by atoms with Gasteiger partial charge in [-0.3, -0.25) is 0 Å². The van der Waals surface area contributed by atoms with Crippen molar-refractivity contribution < 1.29 is 9.53 Å². The van der Waals surface area contributed by atoms with E-state index in [2.05, 4.69) is 47.6 Å². The normalized spacial score (nSPS) is 10.2. The van der Waals surface area contributed by atoms with E-state index in [1.807, 2.05) is 6.92 Å². The topological polar surface area (TPSA) is 77.0 Å². The van der Waals surface area contributed by atoms with E-state index >= 15 is 0 Å². The van der Waals surface area contributed by atoms with Crippen molar-refractivity contribution in [3.8, 4) is 0 Å². The fourth-order valence-corrected chi connectivity index (χ4v) is 2.62. The highest BCUT2D eigenvalue weighted by atomic mass is 127. The number of esters is 1. The number of methoxy groups -OCH3 is 1. The fraction of sp³-hybridized carbons (Fsp3) is 0.200. The minimum Gasteiger partial charge on any atom is -0.465 e. The number of rotatable bonds is 3. The molecule has 2 rings (SSSR count). The van der Waals surface area contributed by atoms with E-state index in [-0.39, 0.29) is 0 Å². The average molecular weight is 376 g/mol. The van der Waals surface area contributed by atoms with Crippen LogP contribution in [0.5, 0.6) is 0 Å². The summed E-state index contributed by atoms with van der Waals surface area (Å²) in [5, 5.41) is 3.62. The Labute approximate surface area is 121 Å². The monoisotopic (exact) mass is 376 g/mol. The van der Waals surface area contributed by atoms with E-state index in [1.54, 1.807) is 6.07 Å². The van der Waals surface area contributed by atoms with Crippen molar-refractivity contribution in [1.29, 1.82) is 0 Å². The van der Waals surface area contributed by atoms with Crippen LogP contribution in [0.3, 0.4) is 0 Å². The highest BCUT2D eigenvalue weighted by Crippen LogP contribution is 2.22. The zero-order valence-corrected chi connectivity index (χ0v) is 12.6. The highest BCUT2D eigenvalue weighted by molar-refractivity contribution is 14.1. The van der Waals surface area contributed by atoms with Crippen LogP contribution in [-0.4, -0.2) is 28.0 Å². The number of carbonyl (C=O) groups is 1. The molecule has 0 radical (unpaired) electrons. The van der Waals surface area contributed by atoms with Gasteiger partial charge in [0.05, 0.1) is 13.3 Å². The van der Waals surface area contributed by atoms with Gasteiger partial charge in [0.2, 0.25) is 0 Å². The molecule has 0 saturated heterocycles. The highest BCUT2D eigenvalue weighted by Gasteiger charge is 2.11. The first kappa shape index (κ1) is 13.1. The Bertz CT molecular complexity index is 567. The number of carbonyl (C=O) groups excluding carboxylic acids is 1. The Balaban J connectivity index is 2.18. The molecule has 0 unspecified atom stereocenters. The zero-order valence-electron chi connectivity index (χ0n) is 9.60. The van der Waals surface area contributed by atoms with Crippen molar-refractivity contribution in [3.63, 3.8) is 0 Å². The van der Waals surface area contributed by atoms with E-state index in [9.17, 15) is 4.79 Å². The third-order valence-corrected chi connectivity index (χ3v) is 3.38. The first-order valence-corrected chi connectivity index (χ1v) is 6.80. The van der Waals surface area contributed by atoms with Crippen molar-refractivity contribution in [3.05, 3.63) is 26.7 Å². The molecule has 0 spiro atoms. The maximum absolute atomic E-state index is 11.3. The molecule has 6 nitrogen and oxygen atoms in total. The van der Waals surface area contributed by atoms with Gasteiger partial charge in [0.1, 0.15) is 20.2 Å². The van der Waals surface area contributed by atoms with Crippen LogP contribution < -0.4 is 5.32 Å². The Morgan fingerprint density at radius 2 is 2.28 bits per heavy atom. The second kappa shape index (κ2) is 5.57. The van der Waals surface area contributed by atoms with Crippen LogP contribution in [-0.2, 0) is 4.74 Å². The molecular formula is C10H9IN4O2S. The van der Waals surface area contributed by atoms with Gasteiger partial charge in [-0.25, -0.2) is 19.7 Å². The van der Waals surface area contributed by atoms with Gasteiger partial charge in [-0.2, -0.15) is 0 Å². The van der Waals surface area contributed by atoms with E-state index in [1.165, 1.54) is 24.6 Å². The van der Waals surface area contributed by atoms with Gasteiger partial charge in [-0.05, 0) is 29.5 Å². The van der Waals surface area contributed by atoms with Crippen molar-refractivity contribution >= 4 is 50.8 Å². The van der Waals surface area contributed by atoms with Crippen LogP contribution in [0.25, 0.3) is 0 Å². The molecule has 2 heterocycles. The third-order valence-electron chi connectivity index (χ3n) is 1.93. The minimum absolute atomic E-state index is 0.394. The number of hydrogen-bond donors (Lipinski definition) is 1. The van der Waals surface area contributed by atoms with Crippen LogP contribution in [0.4, 0.5) is 10.9 Å². The number of nitrogens with zero attached hydrogens (tertiary/aromatic N) is 3. The molecule has 0 atom stereocenters. The SMILES string of the molecule is COC(=O)c1cnc(Nc2cc(I)nc(C)n2)s1. The van der Waals surface area contributed by atoms with E-state index in [0.717, 1.165) is 3.70 Å². The Morgan fingerprint density at radius 1 is 1.50 bits per heavy atom. The molecule has 0 saturated carbocycles. The number of aryl methyl sites for hydroxylation is 1. The van der Waals surface area contributed by atoms with Crippen LogP contribution in [0, 0.1) is 10.6 Å². The van der Waals surface area contributed by atoms with Crippen LogP contribution in [0.1, 0.15) is 15.5 Å². The third kappa shape index (κ3) is 3.13. The lowest BCUT2D eigenvalue weighted by Gasteiger charge is -2.02. The van der Waals surface area contributed by atoms with Crippen molar-refractivity contribution in [2.45, 2.75) is 6.92 Å². The number of hydrogen-bond acceptors (Lipinski definition) is 7. The Morgan fingerprint density at radius 3 is 2.94 bits per heavy atom. The number of halogens is 1. The minimum atomic E-state index is -0.394. The van der Waals surface area contributed by atoms with Gasteiger partial charge in [0.15, 0.2) is 5.13 Å². The lowest BCUT2D eigenvalue weighted by molar-refractivity contribution is 0.0606. The molecule has 8 heteroatoms. The lowest BCUT2D eigenvalue weighted by Crippen LogP contribution is -1.98. The summed E-state index contributed by atoms with van der Waals surface area (Å²) in [6, 6.07) is 1.80. The largest absolute Gasteiger partial charge is 0.465 e. The summed E-state index contributed by atoms with van der Waals surface area (Å²) in [7, 11) is 1.34. The molecule has 2 aromatic heterocycles. The van der Waals surface area contributed by atoms with Crippen molar-refractivity contribution in [2.24, 2.45) is 0 Å². The zero-order chi connectivity index (χ0) is 13.1. The van der Waals surface area contributed by atoms with Crippen molar-refractivity contribution in [2.75, 3.05) is 12.4 Å². The number of anilines is 2. The van der Waals surface area contributed by atoms with E-state index in [0.29, 0.717) is 21.7 Å². The molecule has 0 aliphatic rings. The van der Waals surface area contributed by atoms with E-state index in [4.69, 9.17) is 0 Å². The van der Waals surface area contributed by atoms with Gasteiger partial charge in [-0.15, -0.1) is 0 Å².